The molecule has 0 spiro atoms. The summed E-state index contributed by atoms with van der Waals surface area (Å²) in [5, 5.41) is 3.46. The van der Waals surface area contributed by atoms with Crippen LogP contribution >= 0.6 is 15.9 Å². The number of hydrogen-bond acceptors (Lipinski definition) is 2. The van der Waals surface area contributed by atoms with Crippen LogP contribution in [0.15, 0.2) is 22.7 Å². The van der Waals surface area contributed by atoms with Gasteiger partial charge in [-0.3, -0.25) is 0 Å². The molecular weight excluding hydrogens is 324 g/mol. The molecule has 3 heteroatoms. The van der Waals surface area contributed by atoms with Crippen molar-refractivity contribution in [1.82, 2.24) is 5.32 Å². The van der Waals surface area contributed by atoms with Crippen molar-refractivity contribution in [3.05, 3.63) is 28.2 Å². The summed E-state index contributed by atoms with van der Waals surface area (Å²) in [4.78, 5) is 2.53. The van der Waals surface area contributed by atoms with Gasteiger partial charge in [-0.05, 0) is 48.4 Å². The second-order valence-corrected chi connectivity index (χ2v) is 8.10. The SMILES string of the molecule is CCCNCc1ccc(N2CCC(C(C)(C)C)C2)cc1Br. The van der Waals surface area contributed by atoms with Crippen LogP contribution in [0.1, 0.15) is 46.1 Å². The highest BCUT2D eigenvalue weighted by molar-refractivity contribution is 9.10. The van der Waals surface area contributed by atoms with Gasteiger partial charge >= 0.3 is 0 Å². The highest BCUT2D eigenvalue weighted by atomic mass is 79.9. The molecule has 0 radical (unpaired) electrons. The molecule has 118 valence electrons. The van der Waals surface area contributed by atoms with Crippen LogP contribution in [-0.4, -0.2) is 19.6 Å². The molecule has 1 heterocycles. The van der Waals surface area contributed by atoms with Gasteiger partial charge in [-0.1, -0.05) is 49.7 Å². The predicted molar refractivity (Wildman–Crippen MR) is 95.9 cm³/mol. The number of nitrogens with zero attached hydrogens (tertiary/aromatic N) is 1. The molecule has 1 unspecified atom stereocenters. The summed E-state index contributed by atoms with van der Waals surface area (Å²) in [5.41, 5.74) is 3.11. The molecule has 1 aliphatic heterocycles. The molecule has 1 fully saturated rings. The second kappa shape index (κ2) is 7.15. The topological polar surface area (TPSA) is 15.3 Å². The average molecular weight is 353 g/mol. The molecule has 2 rings (SSSR count). The van der Waals surface area contributed by atoms with Gasteiger partial charge in [0.15, 0.2) is 0 Å². The zero-order chi connectivity index (χ0) is 15.5. The molecule has 1 aliphatic rings. The minimum absolute atomic E-state index is 0.413. The molecule has 1 N–H and O–H groups in total. The number of hydrogen-bond donors (Lipinski definition) is 1. The van der Waals surface area contributed by atoms with Crippen LogP contribution in [-0.2, 0) is 6.54 Å². The zero-order valence-electron chi connectivity index (χ0n) is 13.9. The lowest BCUT2D eigenvalue weighted by molar-refractivity contribution is 0.263. The fourth-order valence-corrected chi connectivity index (χ4v) is 3.48. The van der Waals surface area contributed by atoms with Gasteiger partial charge < -0.3 is 10.2 Å². The van der Waals surface area contributed by atoms with Crippen LogP contribution in [0.25, 0.3) is 0 Å². The van der Waals surface area contributed by atoms with Crippen LogP contribution < -0.4 is 10.2 Å². The van der Waals surface area contributed by atoms with E-state index in [1.54, 1.807) is 0 Å². The highest BCUT2D eigenvalue weighted by Crippen LogP contribution is 2.36. The molecule has 1 atom stereocenters. The molecule has 0 amide bonds. The van der Waals surface area contributed by atoms with Gasteiger partial charge in [0.05, 0.1) is 0 Å². The van der Waals surface area contributed by atoms with Crippen molar-refractivity contribution in [1.29, 1.82) is 0 Å². The van der Waals surface area contributed by atoms with E-state index in [0.29, 0.717) is 5.41 Å². The van der Waals surface area contributed by atoms with Crippen molar-refractivity contribution in [2.75, 3.05) is 24.5 Å². The third-order valence-corrected chi connectivity index (χ3v) is 5.30. The maximum atomic E-state index is 3.73. The number of anilines is 1. The van der Waals surface area contributed by atoms with E-state index in [9.17, 15) is 0 Å². The quantitative estimate of drug-likeness (QED) is 0.764. The summed E-state index contributed by atoms with van der Waals surface area (Å²) in [6.45, 7) is 13.7. The molecule has 1 saturated heterocycles. The first kappa shape index (κ1) is 16.8. The Bertz CT molecular complexity index is 465. The number of nitrogens with one attached hydrogen (secondary N) is 1. The van der Waals surface area contributed by atoms with Gasteiger partial charge in [-0.2, -0.15) is 0 Å². The lowest BCUT2D eigenvalue weighted by Gasteiger charge is -2.27. The van der Waals surface area contributed by atoms with E-state index in [2.05, 4.69) is 72.0 Å². The third kappa shape index (κ3) is 4.46. The molecule has 1 aromatic carbocycles. The Hall–Kier alpha value is -0.540. The summed E-state index contributed by atoms with van der Waals surface area (Å²) in [7, 11) is 0. The van der Waals surface area contributed by atoms with Gasteiger partial charge in [0.25, 0.3) is 0 Å². The predicted octanol–water partition coefficient (Wildman–Crippen LogP) is 4.82. The minimum Gasteiger partial charge on any atom is -0.371 e. The van der Waals surface area contributed by atoms with Crippen LogP contribution in [0.5, 0.6) is 0 Å². The van der Waals surface area contributed by atoms with E-state index in [0.717, 1.165) is 19.0 Å². The van der Waals surface area contributed by atoms with E-state index < -0.39 is 0 Å². The molecule has 2 nitrogen and oxygen atoms in total. The Kier molecular flexibility index (Phi) is 5.73. The maximum absolute atomic E-state index is 3.73. The van der Waals surface area contributed by atoms with E-state index in [4.69, 9.17) is 0 Å². The fraction of sp³-hybridized carbons (Fsp3) is 0.667. The monoisotopic (exact) mass is 352 g/mol. The summed E-state index contributed by atoms with van der Waals surface area (Å²) in [6.07, 6.45) is 2.48. The van der Waals surface area contributed by atoms with Crippen LogP contribution in [0.3, 0.4) is 0 Å². The first-order valence-electron chi connectivity index (χ1n) is 8.16. The Morgan fingerprint density at radius 1 is 1.33 bits per heavy atom. The fourth-order valence-electron chi connectivity index (χ4n) is 2.98. The lowest BCUT2D eigenvalue weighted by atomic mass is 9.80. The minimum atomic E-state index is 0.413. The van der Waals surface area contributed by atoms with Gasteiger partial charge in [-0.25, -0.2) is 0 Å². The van der Waals surface area contributed by atoms with Gasteiger partial charge in [-0.15, -0.1) is 0 Å². The van der Waals surface area contributed by atoms with Gasteiger partial charge in [0, 0.05) is 29.8 Å². The van der Waals surface area contributed by atoms with Gasteiger partial charge in [0.1, 0.15) is 0 Å². The number of halogens is 1. The van der Waals surface area contributed by atoms with Crippen LogP contribution in [0.4, 0.5) is 5.69 Å². The Balaban J connectivity index is 2.00. The summed E-state index contributed by atoms with van der Waals surface area (Å²) in [5.74, 6) is 0.794. The van der Waals surface area contributed by atoms with Crippen molar-refractivity contribution in [2.45, 2.75) is 47.1 Å². The molecule has 0 aliphatic carbocycles. The highest BCUT2D eigenvalue weighted by Gasteiger charge is 2.31. The van der Waals surface area contributed by atoms with Crippen molar-refractivity contribution in [3.63, 3.8) is 0 Å². The summed E-state index contributed by atoms with van der Waals surface area (Å²) < 4.78 is 1.22. The second-order valence-electron chi connectivity index (χ2n) is 7.25. The first-order chi connectivity index (χ1) is 9.91. The summed E-state index contributed by atoms with van der Waals surface area (Å²) in [6, 6.07) is 6.82. The normalized spacial score (nSPS) is 19.3. The van der Waals surface area contributed by atoms with E-state index >= 15 is 0 Å². The number of benzene rings is 1. The van der Waals surface area contributed by atoms with E-state index in [-0.39, 0.29) is 0 Å². The van der Waals surface area contributed by atoms with Crippen molar-refractivity contribution < 1.29 is 0 Å². The van der Waals surface area contributed by atoms with Gasteiger partial charge in [0.2, 0.25) is 0 Å². The molecule has 0 aromatic heterocycles. The lowest BCUT2D eigenvalue weighted by Crippen LogP contribution is -2.25. The Labute approximate surface area is 138 Å². The van der Waals surface area contributed by atoms with Crippen molar-refractivity contribution in [3.8, 4) is 0 Å². The molecule has 0 saturated carbocycles. The maximum Gasteiger partial charge on any atom is 0.0377 e. The number of rotatable bonds is 5. The summed E-state index contributed by atoms with van der Waals surface area (Å²) >= 11 is 3.73. The van der Waals surface area contributed by atoms with E-state index in [1.807, 2.05) is 0 Å². The van der Waals surface area contributed by atoms with E-state index in [1.165, 1.54) is 41.7 Å². The zero-order valence-corrected chi connectivity index (χ0v) is 15.5. The Morgan fingerprint density at radius 2 is 2.10 bits per heavy atom. The average Bonchev–Trinajstić information content (AvgIpc) is 2.90. The van der Waals surface area contributed by atoms with Crippen molar-refractivity contribution in [2.24, 2.45) is 11.3 Å². The molecule has 21 heavy (non-hydrogen) atoms. The largest absolute Gasteiger partial charge is 0.371 e. The van der Waals surface area contributed by atoms with Crippen molar-refractivity contribution >= 4 is 21.6 Å². The Morgan fingerprint density at radius 3 is 2.67 bits per heavy atom. The first-order valence-corrected chi connectivity index (χ1v) is 8.95. The standard InChI is InChI=1S/C18H29BrN2/c1-5-9-20-12-14-6-7-16(11-17(14)19)21-10-8-15(13-21)18(2,3)4/h6-7,11,15,20H,5,8-10,12-13H2,1-4H3. The smallest absolute Gasteiger partial charge is 0.0377 e. The van der Waals surface area contributed by atoms with Crippen LogP contribution in [0.2, 0.25) is 0 Å². The molecular formula is C18H29BrN2. The van der Waals surface area contributed by atoms with Crippen LogP contribution in [0, 0.1) is 11.3 Å². The third-order valence-electron chi connectivity index (χ3n) is 4.56. The molecule has 0 bridgehead atoms. The molecule has 1 aromatic rings.